The molecule has 1 aromatic heterocycles. The Morgan fingerprint density at radius 3 is 2.84 bits per heavy atom. The van der Waals surface area contributed by atoms with Crippen molar-refractivity contribution in [1.82, 2.24) is 0 Å². The van der Waals surface area contributed by atoms with E-state index in [1.165, 1.54) is 11.3 Å². The first kappa shape index (κ1) is 13.4. The fourth-order valence-corrected chi connectivity index (χ4v) is 2.54. The molecule has 0 aliphatic heterocycles. The van der Waals surface area contributed by atoms with Gasteiger partial charge in [-0.15, -0.1) is 11.3 Å². The van der Waals surface area contributed by atoms with E-state index >= 15 is 0 Å². The highest BCUT2D eigenvalue weighted by Gasteiger charge is 2.21. The first-order valence-corrected chi connectivity index (χ1v) is 6.60. The zero-order valence-electron chi connectivity index (χ0n) is 9.63. The minimum atomic E-state index is -1.01. The van der Waals surface area contributed by atoms with Crippen molar-refractivity contribution in [3.8, 4) is 6.07 Å². The van der Waals surface area contributed by atoms with Gasteiger partial charge in [0, 0.05) is 9.90 Å². The number of aliphatic carboxylic acids is 1. The number of carboxylic acid groups (broad SMARTS) is 1. The highest BCUT2D eigenvalue weighted by Crippen LogP contribution is 2.27. The molecule has 4 nitrogen and oxygen atoms in total. The Kier molecular flexibility index (Phi) is 4.05. The highest BCUT2D eigenvalue weighted by atomic mass is 35.5. The van der Waals surface area contributed by atoms with Crippen LogP contribution < -0.4 is 5.32 Å². The SMILES string of the molecule is N#Cc1ccc(Cl)cc1NC(C(=O)O)c1cccs1. The van der Waals surface area contributed by atoms with E-state index in [0.717, 1.165) is 0 Å². The second-order valence-corrected chi connectivity index (χ2v) is 5.15. The molecule has 2 rings (SSSR count). The number of anilines is 1. The van der Waals surface area contributed by atoms with Crippen LogP contribution in [0.3, 0.4) is 0 Å². The average Bonchev–Trinajstić information content (AvgIpc) is 2.89. The van der Waals surface area contributed by atoms with E-state index in [9.17, 15) is 9.90 Å². The number of halogens is 1. The zero-order chi connectivity index (χ0) is 13.8. The number of nitriles is 1. The molecule has 0 saturated carbocycles. The van der Waals surface area contributed by atoms with Gasteiger partial charge in [0.2, 0.25) is 0 Å². The summed E-state index contributed by atoms with van der Waals surface area (Å²) >= 11 is 7.20. The third kappa shape index (κ3) is 3.05. The van der Waals surface area contributed by atoms with Crippen LogP contribution in [0.4, 0.5) is 5.69 Å². The van der Waals surface area contributed by atoms with Crippen LogP contribution in [0.1, 0.15) is 16.5 Å². The molecule has 0 fully saturated rings. The van der Waals surface area contributed by atoms with Crippen molar-refractivity contribution in [2.24, 2.45) is 0 Å². The first-order valence-electron chi connectivity index (χ1n) is 5.34. The van der Waals surface area contributed by atoms with E-state index in [1.807, 2.05) is 6.07 Å². The number of benzene rings is 1. The number of carbonyl (C=O) groups is 1. The fourth-order valence-electron chi connectivity index (χ4n) is 1.60. The van der Waals surface area contributed by atoms with Gasteiger partial charge in [-0.2, -0.15) is 5.26 Å². The van der Waals surface area contributed by atoms with Crippen LogP contribution in [0.5, 0.6) is 0 Å². The normalized spacial score (nSPS) is 11.6. The smallest absolute Gasteiger partial charge is 0.331 e. The van der Waals surface area contributed by atoms with Gasteiger partial charge < -0.3 is 10.4 Å². The number of carboxylic acids is 1. The summed E-state index contributed by atoms with van der Waals surface area (Å²) in [5, 5.41) is 23.4. The summed E-state index contributed by atoms with van der Waals surface area (Å²) in [6.07, 6.45) is 0. The van der Waals surface area contributed by atoms with Gasteiger partial charge in [-0.1, -0.05) is 17.7 Å². The van der Waals surface area contributed by atoms with Crippen molar-refractivity contribution in [2.75, 3.05) is 5.32 Å². The summed E-state index contributed by atoms with van der Waals surface area (Å²) in [5.74, 6) is -1.01. The maximum Gasteiger partial charge on any atom is 0.331 e. The first-order chi connectivity index (χ1) is 9.11. The molecule has 0 spiro atoms. The lowest BCUT2D eigenvalue weighted by Gasteiger charge is -2.15. The van der Waals surface area contributed by atoms with Gasteiger partial charge in [0.25, 0.3) is 0 Å². The Balaban J connectivity index is 2.35. The molecule has 0 bridgehead atoms. The second-order valence-electron chi connectivity index (χ2n) is 3.73. The number of thiophene rings is 1. The van der Waals surface area contributed by atoms with Crippen molar-refractivity contribution in [3.05, 3.63) is 51.2 Å². The quantitative estimate of drug-likeness (QED) is 0.904. The Labute approximate surface area is 118 Å². The number of rotatable bonds is 4. The summed E-state index contributed by atoms with van der Waals surface area (Å²) in [4.78, 5) is 12.0. The van der Waals surface area contributed by atoms with Crippen LogP contribution in [0.25, 0.3) is 0 Å². The Morgan fingerprint density at radius 2 is 2.26 bits per heavy atom. The van der Waals surface area contributed by atoms with Gasteiger partial charge in [-0.3, -0.25) is 0 Å². The number of nitrogens with zero attached hydrogens (tertiary/aromatic N) is 1. The third-order valence-electron chi connectivity index (χ3n) is 2.48. The van der Waals surface area contributed by atoms with E-state index in [4.69, 9.17) is 16.9 Å². The second kappa shape index (κ2) is 5.74. The molecule has 0 saturated heterocycles. The summed E-state index contributed by atoms with van der Waals surface area (Å²) < 4.78 is 0. The molecule has 1 atom stereocenters. The van der Waals surface area contributed by atoms with Crippen molar-refractivity contribution in [1.29, 1.82) is 5.26 Å². The molecule has 0 aliphatic rings. The molecule has 1 aromatic carbocycles. The lowest BCUT2D eigenvalue weighted by Crippen LogP contribution is -2.19. The van der Waals surface area contributed by atoms with Crippen molar-refractivity contribution < 1.29 is 9.90 Å². The molecule has 0 aliphatic carbocycles. The summed E-state index contributed by atoms with van der Waals surface area (Å²) in [6, 6.07) is 9.30. The minimum absolute atomic E-state index is 0.354. The molecule has 1 unspecified atom stereocenters. The maximum absolute atomic E-state index is 11.3. The Hall–Kier alpha value is -2.03. The largest absolute Gasteiger partial charge is 0.479 e. The third-order valence-corrected chi connectivity index (χ3v) is 3.65. The van der Waals surface area contributed by atoms with Crippen LogP contribution in [0.15, 0.2) is 35.7 Å². The topological polar surface area (TPSA) is 73.1 Å². The van der Waals surface area contributed by atoms with E-state index in [1.54, 1.807) is 35.7 Å². The van der Waals surface area contributed by atoms with Gasteiger partial charge in [-0.25, -0.2) is 4.79 Å². The van der Waals surface area contributed by atoms with E-state index in [2.05, 4.69) is 5.32 Å². The van der Waals surface area contributed by atoms with E-state index < -0.39 is 12.0 Å². The molecule has 19 heavy (non-hydrogen) atoms. The Bertz CT molecular complexity index is 635. The predicted octanol–water partition coefficient (Wildman–Crippen LogP) is 3.51. The van der Waals surface area contributed by atoms with Crippen molar-refractivity contribution in [3.63, 3.8) is 0 Å². The van der Waals surface area contributed by atoms with Crippen molar-refractivity contribution in [2.45, 2.75) is 6.04 Å². The number of nitrogens with one attached hydrogen (secondary N) is 1. The van der Waals surface area contributed by atoms with Crippen LogP contribution in [-0.2, 0) is 4.79 Å². The van der Waals surface area contributed by atoms with Crippen LogP contribution >= 0.6 is 22.9 Å². The lowest BCUT2D eigenvalue weighted by atomic mass is 10.1. The molecule has 2 N–H and O–H groups in total. The zero-order valence-corrected chi connectivity index (χ0v) is 11.2. The molecule has 6 heteroatoms. The molecular weight excluding hydrogens is 284 g/mol. The van der Waals surface area contributed by atoms with Gasteiger partial charge in [0.15, 0.2) is 6.04 Å². The average molecular weight is 293 g/mol. The number of hydrogen-bond donors (Lipinski definition) is 2. The summed E-state index contributed by atoms with van der Waals surface area (Å²) in [7, 11) is 0. The predicted molar refractivity (Wildman–Crippen MR) is 74.5 cm³/mol. The lowest BCUT2D eigenvalue weighted by molar-refractivity contribution is -0.138. The Morgan fingerprint density at radius 1 is 1.47 bits per heavy atom. The molecule has 0 amide bonds. The molecular formula is C13H9ClN2O2S. The van der Waals surface area contributed by atoms with Crippen LogP contribution in [0.2, 0.25) is 5.02 Å². The van der Waals surface area contributed by atoms with Gasteiger partial charge in [-0.05, 0) is 29.6 Å². The number of hydrogen-bond acceptors (Lipinski definition) is 4. The summed E-state index contributed by atoms with van der Waals surface area (Å²) in [6.45, 7) is 0. The molecule has 1 heterocycles. The molecule has 96 valence electrons. The van der Waals surface area contributed by atoms with Gasteiger partial charge >= 0.3 is 5.97 Å². The molecule has 2 aromatic rings. The summed E-state index contributed by atoms with van der Waals surface area (Å²) in [5.41, 5.74) is 0.767. The highest BCUT2D eigenvalue weighted by molar-refractivity contribution is 7.10. The fraction of sp³-hybridized carbons (Fsp3) is 0.0769. The van der Waals surface area contributed by atoms with E-state index in [0.29, 0.717) is 21.2 Å². The maximum atomic E-state index is 11.3. The minimum Gasteiger partial charge on any atom is -0.479 e. The van der Waals surface area contributed by atoms with Gasteiger partial charge in [0.05, 0.1) is 11.3 Å². The molecule has 0 radical (unpaired) electrons. The monoisotopic (exact) mass is 292 g/mol. The standard InChI is InChI=1S/C13H9ClN2O2S/c14-9-4-3-8(7-15)10(6-9)16-12(13(17)18)11-2-1-5-19-11/h1-6,12,16H,(H,17,18). The van der Waals surface area contributed by atoms with Gasteiger partial charge in [0.1, 0.15) is 6.07 Å². The van der Waals surface area contributed by atoms with Crippen LogP contribution in [0, 0.1) is 11.3 Å². The van der Waals surface area contributed by atoms with Crippen molar-refractivity contribution >= 4 is 34.6 Å². The van der Waals surface area contributed by atoms with E-state index in [-0.39, 0.29) is 0 Å². The van der Waals surface area contributed by atoms with Crippen LogP contribution in [-0.4, -0.2) is 11.1 Å².